The summed E-state index contributed by atoms with van der Waals surface area (Å²) >= 11 is 0. The second kappa shape index (κ2) is 6.45. The molecule has 1 saturated heterocycles. The average Bonchev–Trinajstić information content (AvgIpc) is 2.29. The van der Waals surface area contributed by atoms with Crippen molar-refractivity contribution in [1.29, 1.82) is 0 Å². The van der Waals surface area contributed by atoms with Crippen molar-refractivity contribution < 1.29 is 24.8 Å². The number of ether oxygens (including phenoxy) is 2. The number of nitrogens with two attached hydrogens (primary N) is 1. The standard InChI is InChI=1S/C9H20N2O5/c1-15-9-8(14)6(11-3-2-10)7(13)5(4-12)16-9/h5-9,11-14H,2-4,10H2,1H3/t5-,6-,7-,8+,9+/m1/s1. The van der Waals surface area contributed by atoms with Gasteiger partial charge < -0.3 is 35.8 Å². The molecule has 1 heterocycles. The lowest BCUT2D eigenvalue weighted by molar-refractivity contribution is -0.271. The highest BCUT2D eigenvalue weighted by atomic mass is 16.7. The van der Waals surface area contributed by atoms with Crippen LogP contribution in [-0.4, -0.2) is 72.8 Å². The highest BCUT2D eigenvalue weighted by molar-refractivity contribution is 4.93. The van der Waals surface area contributed by atoms with Crippen molar-refractivity contribution in [3.63, 3.8) is 0 Å². The molecule has 0 bridgehead atoms. The molecule has 0 saturated carbocycles. The molecule has 0 radical (unpaired) electrons. The van der Waals surface area contributed by atoms with Gasteiger partial charge in [0.25, 0.3) is 0 Å². The van der Waals surface area contributed by atoms with E-state index in [0.29, 0.717) is 13.1 Å². The Kier molecular flexibility index (Phi) is 5.56. The van der Waals surface area contributed by atoms with Crippen LogP contribution in [0.1, 0.15) is 0 Å². The molecular weight excluding hydrogens is 216 g/mol. The monoisotopic (exact) mass is 236 g/mol. The molecule has 0 aromatic heterocycles. The number of aliphatic hydroxyl groups excluding tert-OH is 3. The predicted octanol–water partition coefficient (Wildman–Crippen LogP) is -3.01. The van der Waals surface area contributed by atoms with Crippen molar-refractivity contribution in [2.45, 2.75) is 30.6 Å². The maximum absolute atomic E-state index is 9.84. The summed E-state index contributed by atoms with van der Waals surface area (Å²) in [4.78, 5) is 0. The summed E-state index contributed by atoms with van der Waals surface area (Å²) in [7, 11) is 1.39. The third-order valence-corrected chi connectivity index (χ3v) is 2.64. The molecule has 1 aliphatic rings. The van der Waals surface area contributed by atoms with Gasteiger partial charge >= 0.3 is 0 Å². The molecule has 5 atom stereocenters. The van der Waals surface area contributed by atoms with Gasteiger partial charge in [0.1, 0.15) is 18.3 Å². The lowest BCUT2D eigenvalue weighted by Gasteiger charge is -2.41. The molecule has 0 aromatic rings. The van der Waals surface area contributed by atoms with Crippen molar-refractivity contribution in [3.05, 3.63) is 0 Å². The summed E-state index contributed by atoms with van der Waals surface area (Å²) in [5.41, 5.74) is 5.33. The normalized spacial score (nSPS) is 39.9. The van der Waals surface area contributed by atoms with Gasteiger partial charge in [-0.1, -0.05) is 0 Å². The van der Waals surface area contributed by atoms with E-state index in [1.54, 1.807) is 0 Å². The second-order valence-corrected chi connectivity index (χ2v) is 3.71. The third kappa shape index (κ3) is 2.89. The minimum Gasteiger partial charge on any atom is -0.394 e. The zero-order valence-electron chi connectivity index (χ0n) is 9.24. The van der Waals surface area contributed by atoms with Gasteiger partial charge in [0.05, 0.1) is 12.6 Å². The molecule has 7 heteroatoms. The summed E-state index contributed by atoms with van der Waals surface area (Å²) in [5, 5.41) is 31.6. The Morgan fingerprint density at radius 2 is 2.06 bits per heavy atom. The topological polar surface area (TPSA) is 117 Å². The van der Waals surface area contributed by atoms with E-state index in [9.17, 15) is 10.2 Å². The van der Waals surface area contributed by atoms with Crippen LogP contribution in [0, 0.1) is 0 Å². The number of hydrogen-bond donors (Lipinski definition) is 5. The molecule has 7 nitrogen and oxygen atoms in total. The fourth-order valence-corrected chi connectivity index (χ4v) is 1.77. The van der Waals surface area contributed by atoms with Crippen LogP contribution >= 0.6 is 0 Å². The van der Waals surface area contributed by atoms with E-state index in [2.05, 4.69) is 5.32 Å². The Labute approximate surface area is 94.2 Å². The lowest BCUT2D eigenvalue weighted by Crippen LogP contribution is -2.64. The molecular formula is C9H20N2O5. The van der Waals surface area contributed by atoms with Gasteiger partial charge in [0.15, 0.2) is 6.29 Å². The Hall–Kier alpha value is -0.280. The van der Waals surface area contributed by atoms with Crippen LogP contribution in [0.2, 0.25) is 0 Å². The maximum atomic E-state index is 9.84. The molecule has 0 spiro atoms. The number of hydrogen-bond acceptors (Lipinski definition) is 7. The number of rotatable bonds is 5. The Morgan fingerprint density at radius 1 is 1.38 bits per heavy atom. The van der Waals surface area contributed by atoms with Crippen LogP contribution in [0.4, 0.5) is 0 Å². The number of nitrogens with one attached hydrogen (secondary N) is 1. The van der Waals surface area contributed by atoms with E-state index >= 15 is 0 Å². The van der Waals surface area contributed by atoms with Crippen LogP contribution in [0.15, 0.2) is 0 Å². The first kappa shape index (κ1) is 13.8. The molecule has 1 aliphatic heterocycles. The fourth-order valence-electron chi connectivity index (χ4n) is 1.77. The van der Waals surface area contributed by atoms with Crippen LogP contribution in [-0.2, 0) is 9.47 Å². The van der Waals surface area contributed by atoms with Crippen LogP contribution < -0.4 is 11.1 Å². The van der Waals surface area contributed by atoms with Crippen molar-refractivity contribution in [3.8, 4) is 0 Å². The fraction of sp³-hybridized carbons (Fsp3) is 1.00. The number of aliphatic hydroxyl groups is 3. The molecule has 6 N–H and O–H groups in total. The molecule has 0 aromatic carbocycles. The molecule has 1 rings (SSSR count). The number of methoxy groups -OCH3 is 1. The van der Waals surface area contributed by atoms with Gasteiger partial charge in [-0.25, -0.2) is 0 Å². The summed E-state index contributed by atoms with van der Waals surface area (Å²) < 4.78 is 10.1. The largest absolute Gasteiger partial charge is 0.394 e. The summed E-state index contributed by atoms with van der Waals surface area (Å²) in [6, 6.07) is -0.626. The smallest absolute Gasteiger partial charge is 0.185 e. The predicted molar refractivity (Wildman–Crippen MR) is 55.6 cm³/mol. The molecule has 0 unspecified atom stereocenters. The van der Waals surface area contributed by atoms with E-state index in [-0.39, 0.29) is 6.61 Å². The lowest BCUT2D eigenvalue weighted by atomic mass is 9.96. The van der Waals surface area contributed by atoms with Gasteiger partial charge in [0, 0.05) is 20.2 Å². The summed E-state index contributed by atoms with van der Waals surface area (Å²) in [5.74, 6) is 0. The van der Waals surface area contributed by atoms with E-state index in [1.165, 1.54) is 7.11 Å². The molecule has 0 aliphatic carbocycles. The van der Waals surface area contributed by atoms with Crippen LogP contribution in [0.25, 0.3) is 0 Å². The van der Waals surface area contributed by atoms with E-state index < -0.39 is 30.6 Å². The highest BCUT2D eigenvalue weighted by Gasteiger charge is 2.44. The van der Waals surface area contributed by atoms with Gasteiger partial charge in [-0.15, -0.1) is 0 Å². The van der Waals surface area contributed by atoms with Crippen LogP contribution in [0.5, 0.6) is 0 Å². The van der Waals surface area contributed by atoms with Crippen LogP contribution in [0.3, 0.4) is 0 Å². The van der Waals surface area contributed by atoms with Crippen molar-refractivity contribution >= 4 is 0 Å². The Morgan fingerprint density at radius 3 is 2.56 bits per heavy atom. The van der Waals surface area contributed by atoms with Crippen molar-refractivity contribution in [2.75, 3.05) is 26.8 Å². The van der Waals surface area contributed by atoms with Gasteiger partial charge in [0.2, 0.25) is 0 Å². The maximum Gasteiger partial charge on any atom is 0.185 e. The Balaban J connectivity index is 2.67. The average molecular weight is 236 g/mol. The molecule has 16 heavy (non-hydrogen) atoms. The summed E-state index contributed by atoms with van der Waals surface area (Å²) in [6.07, 6.45) is -3.65. The van der Waals surface area contributed by atoms with Crippen molar-refractivity contribution in [2.24, 2.45) is 5.73 Å². The van der Waals surface area contributed by atoms with E-state index in [1.807, 2.05) is 0 Å². The zero-order chi connectivity index (χ0) is 12.1. The van der Waals surface area contributed by atoms with E-state index in [4.69, 9.17) is 20.3 Å². The zero-order valence-corrected chi connectivity index (χ0v) is 9.24. The van der Waals surface area contributed by atoms with Gasteiger partial charge in [-0.05, 0) is 0 Å². The SMILES string of the molecule is CO[C@H]1O[C@H](CO)[C@@H](O)[C@@H](NCCN)[C@@H]1O. The van der Waals surface area contributed by atoms with Crippen molar-refractivity contribution in [1.82, 2.24) is 5.32 Å². The Bertz CT molecular complexity index is 190. The summed E-state index contributed by atoms with van der Waals surface area (Å²) in [6.45, 7) is 0.500. The first-order chi connectivity index (χ1) is 7.65. The van der Waals surface area contributed by atoms with Gasteiger partial charge in [-0.2, -0.15) is 0 Å². The van der Waals surface area contributed by atoms with Gasteiger partial charge in [-0.3, -0.25) is 0 Å². The highest BCUT2D eigenvalue weighted by Crippen LogP contribution is 2.21. The first-order valence-electron chi connectivity index (χ1n) is 5.24. The second-order valence-electron chi connectivity index (χ2n) is 3.71. The van der Waals surface area contributed by atoms with E-state index in [0.717, 1.165) is 0 Å². The molecule has 0 amide bonds. The third-order valence-electron chi connectivity index (χ3n) is 2.64. The minimum atomic E-state index is -1.01. The molecule has 96 valence electrons. The first-order valence-corrected chi connectivity index (χ1v) is 5.24. The molecule has 1 fully saturated rings. The minimum absolute atomic E-state index is 0.339. The quantitative estimate of drug-likeness (QED) is 0.345.